The van der Waals surface area contributed by atoms with Crippen LogP contribution in [0.3, 0.4) is 0 Å². The largest absolute Gasteiger partial charge is 0.354 e. The molecule has 0 unspecified atom stereocenters. The van der Waals surface area contributed by atoms with Crippen molar-refractivity contribution in [3.8, 4) is 0 Å². The van der Waals surface area contributed by atoms with E-state index in [-0.39, 0.29) is 0 Å². The maximum atomic E-state index is 4.87. The number of hydrogen-bond donors (Lipinski definition) is 2. The molecule has 2 aromatic rings. The van der Waals surface area contributed by atoms with Gasteiger partial charge < -0.3 is 15.2 Å². The van der Waals surface area contributed by atoms with E-state index in [2.05, 4.69) is 52.2 Å². The summed E-state index contributed by atoms with van der Waals surface area (Å²) in [6.45, 7) is 5.36. The van der Waals surface area contributed by atoms with Gasteiger partial charge in [-0.15, -0.1) is 22.0 Å². The minimum absolute atomic E-state index is 0.510. The van der Waals surface area contributed by atoms with Crippen LogP contribution >= 0.6 is 11.8 Å². The SMILES string of the molecule is CSc1cc(C)ccc1CN=C(NCc1nnc(C)n1C)NC1CCCC1. The summed E-state index contributed by atoms with van der Waals surface area (Å²) in [5.74, 6) is 2.68. The second kappa shape index (κ2) is 9.26. The molecular weight excluding hydrogens is 356 g/mol. The molecule has 1 fully saturated rings. The Morgan fingerprint density at radius 2 is 2.04 bits per heavy atom. The second-order valence-electron chi connectivity index (χ2n) is 7.18. The average Bonchev–Trinajstić information content (AvgIpc) is 3.29. The quantitative estimate of drug-likeness (QED) is 0.453. The Balaban J connectivity index is 1.72. The predicted octanol–water partition coefficient (Wildman–Crippen LogP) is 3.33. The number of rotatable bonds is 6. The molecule has 1 aliphatic carbocycles. The summed E-state index contributed by atoms with van der Waals surface area (Å²) in [6.07, 6.45) is 7.13. The molecule has 1 heterocycles. The molecule has 0 atom stereocenters. The van der Waals surface area contributed by atoms with Gasteiger partial charge in [0.2, 0.25) is 0 Å². The summed E-state index contributed by atoms with van der Waals surface area (Å²) in [7, 11) is 1.99. The summed E-state index contributed by atoms with van der Waals surface area (Å²) >= 11 is 1.78. The van der Waals surface area contributed by atoms with Gasteiger partial charge >= 0.3 is 0 Å². The van der Waals surface area contributed by atoms with Crippen molar-refractivity contribution in [2.24, 2.45) is 12.0 Å². The van der Waals surface area contributed by atoms with Crippen molar-refractivity contribution in [1.29, 1.82) is 0 Å². The number of thioether (sulfide) groups is 1. The van der Waals surface area contributed by atoms with Crippen LogP contribution in [0.2, 0.25) is 0 Å². The Labute approximate surface area is 166 Å². The Morgan fingerprint density at radius 3 is 2.70 bits per heavy atom. The van der Waals surface area contributed by atoms with Crippen molar-refractivity contribution in [3.63, 3.8) is 0 Å². The highest BCUT2D eigenvalue weighted by Gasteiger charge is 2.16. The monoisotopic (exact) mass is 386 g/mol. The lowest BCUT2D eigenvalue weighted by molar-refractivity contribution is 0.606. The predicted molar refractivity (Wildman–Crippen MR) is 112 cm³/mol. The first-order valence-corrected chi connectivity index (χ1v) is 10.8. The van der Waals surface area contributed by atoms with E-state index < -0.39 is 0 Å². The maximum absolute atomic E-state index is 4.87. The lowest BCUT2D eigenvalue weighted by Gasteiger charge is -2.17. The lowest BCUT2D eigenvalue weighted by atomic mass is 10.1. The first kappa shape index (κ1) is 19.7. The number of nitrogens with zero attached hydrogens (tertiary/aromatic N) is 4. The molecule has 146 valence electrons. The third kappa shape index (κ3) is 5.25. The first-order valence-electron chi connectivity index (χ1n) is 9.60. The third-order valence-corrected chi connectivity index (χ3v) is 5.96. The van der Waals surface area contributed by atoms with Crippen molar-refractivity contribution in [3.05, 3.63) is 41.0 Å². The van der Waals surface area contributed by atoms with Crippen molar-refractivity contribution in [2.45, 2.75) is 63.6 Å². The van der Waals surface area contributed by atoms with Crippen LogP contribution in [0.5, 0.6) is 0 Å². The number of aliphatic imine (C=N–C) groups is 1. The lowest BCUT2D eigenvalue weighted by Crippen LogP contribution is -2.42. The number of guanidine groups is 1. The molecule has 2 N–H and O–H groups in total. The third-order valence-electron chi connectivity index (χ3n) is 5.14. The molecule has 1 aromatic heterocycles. The zero-order valence-corrected chi connectivity index (χ0v) is 17.6. The van der Waals surface area contributed by atoms with Gasteiger partial charge in [-0.1, -0.05) is 25.0 Å². The number of aromatic nitrogens is 3. The Kier molecular flexibility index (Phi) is 6.77. The van der Waals surface area contributed by atoms with Crippen LogP contribution in [0, 0.1) is 13.8 Å². The number of hydrogen-bond acceptors (Lipinski definition) is 4. The van der Waals surface area contributed by atoms with Crippen LogP contribution in [0.1, 0.15) is 48.5 Å². The molecular formula is C20H30N6S. The topological polar surface area (TPSA) is 67.1 Å². The summed E-state index contributed by atoms with van der Waals surface area (Å²) in [6, 6.07) is 7.08. The fraction of sp³-hybridized carbons (Fsp3) is 0.550. The second-order valence-corrected chi connectivity index (χ2v) is 8.03. The molecule has 3 rings (SSSR count). The van der Waals surface area contributed by atoms with E-state index in [9.17, 15) is 0 Å². The van der Waals surface area contributed by atoms with Crippen LogP contribution in [-0.4, -0.2) is 33.0 Å². The van der Waals surface area contributed by atoms with E-state index in [1.54, 1.807) is 11.8 Å². The Morgan fingerprint density at radius 1 is 1.26 bits per heavy atom. The van der Waals surface area contributed by atoms with Crippen LogP contribution in [0.25, 0.3) is 0 Å². The highest BCUT2D eigenvalue weighted by Crippen LogP contribution is 2.22. The molecule has 27 heavy (non-hydrogen) atoms. The standard InChI is InChI=1S/C20H30N6S/c1-14-9-10-16(18(11-14)27-4)12-21-20(23-17-7-5-6-8-17)22-13-19-25-24-15(2)26(19)3/h9-11,17H,5-8,12-13H2,1-4H3,(H2,21,22,23). The summed E-state index contributed by atoms with van der Waals surface area (Å²) < 4.78 is 2.01. The van der Waals surface area contributed by atoms with Crippen LogP contribution in [-0.2, 0) is 20.1 Å². The van der Waals surface area contributed by atoms with E-state index in [1.165, 1.54) is 41.7 Å². The zero-order valence-electron chi connectivity index (χ0n) is 16.7. The Hall–Kier alpha value is -2.02. The van der Waals surface area contributed by atoms with Crippen LogP contribution in [0.15, 0.2) is 28.1 Å². The minimum Gasteiger partial charge on any atom is -0.354 e. The van der Waals surface area contributed by atoms with E-state index in [0.29, 0.717) is 19.1 Å². The van der Waals surface area contributed by atoms with Crippen molar-refractivity contribution in [2.75, 3.05) is 6.26 Å². The van der Waals surface area contributed by atoms with Gasteiger partial charge in [0.1, 0.15) is 5.82 Å². The van der Waals surface area contributed by atoms with E-state index in [0.717, 1.165) is 17.6 Å². The van der Waals surface area contributed by atoms with Crippen LogP contribution in [0.4, 0.5) is 0 Å². The van der Waals surface area contributed by atoms with Gasteiger partial charge in [-0.2, -0.15) is 0 Å². The molecule has 0 amide bonds. The highest BCUT2D eigenvalue weighted by molar-refractivity contribution is 7.98. The molecule has 0 aliphatic heterocycles. The van der Waals surface area contributed by atoms with Crippen molar-refractivity contribution < 1.29 is 0 Å². The fourth-order valence-electron chi connectivity index (χ4n) is 3.33. The first-order chi connectivity index (χ1) is 13.1. The number of benzene rings is 1. The van der Waals surface area contributed by atoms with Gasteiger partial charge in [0.25, 0.3) is 0 Å². The molecule has 7 heteroatoms. The molecule has 0 radical (unpaired) electrons. The zero-order chi connectivity index (χ0) is 19.2. The van der Waals surface area contributed by atoms with E-state index >= 15 is 0 Å². The van der Waals surface area contributed by atoms with Gasteiger partial charge in [-0.3, -0.25) is 0 Å². The molecule has 0 saturated heterocycles. The summed E-state index contributed by atoms with van der Waals surface area (Å²) in [5.41, 5.74) is 2.54. The van der Waals surface area contributed by atoms with Gasteiger partial charge in [0, 0.05) is 18.0 Å². The number of aryl methyl sites for hydroxylation is 2. The molecule has 6 nitrogen and oxygen atoms in total. The van der Waals surface area contributed by atoms with Crippen molar-refractivity contribution in [1.82, 2.24) is 25.4 Å². The number of nitrogens with one attached hydrogen (secondary N) is 2. The van der Waals surface area contributed by atoms with Gasteiger partial charge in [0.05, 0.1) is 13.1 Å². The molecule has 1 aromatic carbocycles. The van der Waals surface area contributed by atoms with E-state index in [4.69, 9.17) is 4.99 Å². The van der Waals surface area contributed by atoms with Gasteiger partial charge in [-0.25, -0.2) is 4.99 Å². The van der Waals surface area contributed by atoms with Gasteiger partial charge in [0.15, 0.2) is 11.8 Å². The molecule has 0 bridgehead atoms. The fourth-order valence-corrected chi connectivity index (χ4v) is 4.03. The molecule has 0 spiro atoms. The Bertz CT molecular complexity index is 792. The smallest absolute Gasteiger partial charge is 0.192 e. The van der Waals surface area contributed by atoms with E-state index in [1.807, 2.05) is 18.5 Å². The summed E-state index contributed by atoms with van der Waals surface area (Å²) in [5, 5.41) is 15.4. The summed E-state index contributed by atoms with van der Waals surface area (Å²) in [4.78, 5) is 6.17. The maximum Gasteiger partial charge on any atom is 0.192 e. The normalized spacial score (nSPS) is 15.3. The van der Waals surface area contributed by atoms with Crippen molar-refractivity contribution >= 4 is 17.7 Å². The average molecular weight is 387 g/mol. The minimum atomic E-state index is 0.510. The molecule has 1 aliphatic rings. The van der Waals surface area contributed by atoms with Gasteiger partial charge in [-0.05, 0) is 50.1 Å². The highest BCUT2D eigenvalue weighted by atomic mass is 32.2. The van der Waals surface area contributed by atoms with Crippen LogP contribution < -0.4 is 10.6 Å². The molecule has 1 saturated carbocycles.